The van der Waals surface area contributed by atoms with Gasteiger partial charge in [0.1, 0.15) is 0 Å². The summed E-state index contributed by atoms with van der Waals surface area (Å²) in [5.41, 5.74) is 0. The molecule has 0 N–H and O–H groups in total. The Morgan fingerprint density at radius 2 is 1.27 bits per heavy atom. The van der Waals surface area contributed by atoms with Gasteiger partial charge in [0.2, 0.25) is 0 Å². The van der Waals surface area contributed by atoms with E-state index in [0.717, 1.165) is 6.42 Å². The Labute approximate surface area is 211 Å². The first kappa shape index (κ1) is 26.8. The van der Waals surface area contributed by atoms with Crippen LogP contribution >= 0.6 is 0 Å². The summed E-state index contributed by atoms with van der Waals surface area (Å²) in [6, 6.07) is 24.0. The number of hydrogen-bond donors (Lipinski definition) is 0. The van der Waals surface area contributed by atoms with Gasteiger partial charge in [-0.25, -0.2) is 12.2 Å². The minimum Gasteiger partial charge on any atom is -1.00 e. The summed E-state index contributed by atoms with van der Waals surface area (Å²) >= 11 is 0. The van der Waals surface area contributed by atoms with Crippen LogP contribution in [0.1, 0.15) is 38.5 Å². The van der Waals surface area contributed by atoms with Crippen LogP contribution < -0.4 is 24.8 Å². The molecule has 4 aromatic carbocycles. The monoisotopic (exact) mass is 510 g/mol. The van der Waals surface area contributed by atoms with E-state index in [0.29, 0.717) is 0 Å². The molecule has 0 heterocycles. The smallest absolute Gasteiger partial charge is 1.00 e. The van der Waals surface area contributed by atoms with Gasteiger partial charge in [0.25, 0.3) is 0 Å². The van der Waals surface area contributed by atoms with Gasteiger partial charge in [-0.15, -0.1) is 46.2 Å². The van der Waals surface area contributed by atoms with Crippen LogP contribution in [0.3, 0.4) is 0 Å². The van der Waals surface area contributed by atoms with Crippen molar-refractivity contribution in [1.29, 1.82) is 0 Å². The first-order valence-corrected chi connectivity index (χ1v) is 10.1. The average Bonchev–Trinajstić information content (AvgIpc) is 3.50. The van der Waals surface area contributed by atoms with E-state index in [1.165, 1.54) is 64.4 Å². The van der Waals surface area contributed by atoms with Gasteiger partial charge in [0.15, 0.2) is 0 Å². The van der Waals surface area contributed by atoms with E-state index in [-0.39, 0.29) is 51.0 Å². The largest absolute Gasteiger partial charge is 4.00 e. The fourth-order valence-electron chi connectivity index (χ4n) is 3.87. The van der Waals surface area contributed by atoms with E-state index in [1.54, 1.807) is 0 Å². The predicted molar refractivity (Wildman–Crippen MR) is 119 cm³/mol. The molecule has 0 aliphatic heterocycles. The molecular formula is C27H26Cl2Zr. The van der Waals surface area contributed by atoms with Gasteiger partial charge in [-0.3, -0.25) is 6.08 Å². The second kappa shape index (κ2) is 13.9. The first-order chi connectivity index (χ1) is 13.4. The molecule has 4 aromatic rings. The summed E-state index contributed by atoms with van der Waals surface area (Å²) in [6.07, 6.45) is 17.5. The standard InChI is InChI=1S/C17H11.C5H10.C5H5.2ClH.Zr/c1-2-6-13-11-17-15(9-12(13)5-1)10-14-7-3-4-8-16(14)17;2*1-2-4-5-3-1;;;/h1-11H;1-5H2;1-3H,4H2;2*1H;/q-1;;-1;;;+4/p-2. The Balaban J connectivity index is 0.000000291. The molecule has 2 aliphatic rings. The van der Waals surface area contributed by atoms with Crippen molar-refractivity contribution in [3.63, 3.8) is 0 Å². The second-order valence-electron chi connectivity index (χ2n) is 7.29. The fraction of sp³-hybridized carbons (Fsp3) is 0.222. The molecule has 0 aromatic heterocycles. The number of fused-ring (bicyclic) bond motifs is 4. The Morgan fingerprint density at radius 3 is 1.83 bits per heavy atom. The molecule has 0 amide bonds. The predicted octanol–water partition coefficient (Wildman–Crippen LogP) is 2.13. The molecule has 0 unspecified atom stereocenters. The van der Waals surface area contributed by atoms with Crippen molar-refractivity contribution in [3.05, 3.63) is 91.0 Å². The maximum atomic E-state index is 2.99. The van der Waals surface area contributed by atoms with Crippen LogP contribution in [-0.4, -0.2) is 0 Å². The van der Waals surface area contributed by atoms with Crippen LogP contribution in [0, 0.1) is 6.08 Å². The van der Waals surface area contributed by atoms with Crippen molar-refractivity contribution < 1.29 is 51.0 Å². The molecule has 0 spiro atoms. The Morgan fingerprint density at radius 1 is 0.667 bits per heavy atom. The molecule has 152 valence electrons. The first-order valence-electron chi connectivity index (χ1n) is 10.1. The molecule has 1 saturated carbocycles. The van der Waals surface area contributed by atoms with Crippen molar-refractivity contribution >= 4 is 32.3 Å². The molecule has 0 saturated heterocycles. The molecule has 0 radical (unpaired) electrons. The number of hydrogen-bond acceptors (Lipinski definition) is 0. The van der Waals surface area contributed by atoms with Gasteiger partial charge in [0, 0.05) is 0 Å². The topological polar surface area (TPSA) is 0 Å². The van der Waals surface area contributed by atoms with Crippen LogP contribution in [0.4, 0.5) is 0 Å². The van der Waals surface area contributed by atoms with Crippen LogP contribution in [0.15, 0.2) is 85.0 Å². The summed E-state index contributed by atoms with van der Waals surface area (Å²) in [6.45, 7) is 0. The van der Waals surface area contributed by atoms with Crippen molar-refractivity contribution in [2.24, 2.45) is 0 Å². The van der Waals surface area contributed by atoms with E-state index < -0.39 is 0 Å². The molecule has 2 aliphatic carbocycles. The molecule has 0 atom stereocenters. The van der Waals surface area contributed by atoms with Gasteiger partial charge >= 0.3 is 26.2 Å². The Hall–Kier alpha value is -1.27. The van der Waals surface area contributed by atoms with E-state index in [4.69, 9.17) is 0 Å². The molecule has 3 heteroatoms. The third kappa shape index (κ3) is 6.88. The normalized spacial score (nSPS) is 13.5. The molecule has 6 rings (SSSR count). The van der Waals surface area contributed by atoms with Crippen LogP contribution in [0.5, 0.6) is 0 Å². The Bertz CT molecular complexity index is 1060. The van der Waals surface area contributed by atoms with Crippen molar-refractivity contribution in [3.8, 4) is 0 Å². The third-order valence-corrected chi connectivity index (χ3v) is 5.32. The zero-order chi connectivity index (χ0) is 18.3. The average molecular weight is 513 g/mol. The Kier molecular flexibility index (Phi) is 12.4. The van der Waals surface area contributed by atoms with Crippen LogP contribution in [0.2, 0.25) is 0 Å². The maximum absolute atomic E-state index is 2.99. The van der Waals surface area contributed by atoms with Gasteiger partial charge in [0.05, 0.1) is 0 Å². The maximum Gasteiger partial charge on any atom is 4.00 e. The van der Waals surface area contributed by atoms with Crippen molar-refractivity contribution in [2.45, 2.75) is 38.5 Å². The quantitative estimate of drug-likeness (QED) is 0.317. The summed E-state index contributed by atoms with van der Waals surface area (Å²) in [5, 5.41) is 8.02. The van der Waals surface area contributed by atoms with Gasteiger partial charge in [-0.05, 0) is 5.39 Å². The zero-order valence-electron chi connectivity index (χ0n) is 17.1. The molecule has 30 heavy (non-hydrogen) atoms. The number of halogens is 2. The third-order valence-electron chi connectivity index (χ3n) is 5.32. The van der Waals surface area contributed by atoms with E-state index in [2.05, 4.69) is 78.9 Å². The zero-order valence-corrected chi connectivity index (χ0v) is 21.1. The van der Waals surface area contributed by atoms with Crippen LogP contribution in [0.25, 0.3) is 32.3 Å². The number of rotatable bonds is 0. The van der Waals surface area contributed by atoms with E-state index in [9.17, 15) is 0 Å². The van der Waals surface area contributed by atoms with Gasteiger partial charge < -0.3 is 24.8 Å². The minimum absolute atomic E-state index is 0. The molecular weight excluding hydrogens is 486 g/mol. The number of allylic oxidation sites excluding steroid dienone is 4. The van der Waals surface area contributed by atoms with E-state index in [1.807, 2.05) is 12.2 Å². The second-order valence-corrected chi connectivity index (χ2v) is 7.29. The molecule has 0 nitrogen and oxygen atoms in total. The van der Waals surface area contributed by atoms with E-state index >= 15 is 0 Å². The van der Waals surface area contributed by atoms with Gasteiger partial charge in [-0.2, -0.15) is 6.08 Å². The summed E-state index contributed by atoms with van der Waals surface area (Å²) < 4.78 is 0. The molecule has 0 bridgehead atoms. The molecule has 1 fully saturated rings. The number of benzene rings is 3. The van der Waals surface area contributed by atoms with Crippen molar-refractivity contribution in [2.75, 3.05) is 0 Å². The SMILES string of the molecule is C1CCCC1.[C-]1=CC=CC1.[Cl-].[Cl-].[Zr+4].c1ccc2cc3c(cc2c1)[cH-]c1ccccc13. The summed E-state index contributed by atoms with van der Waals surface area (Å²) in [7, 11) is 0. The van der Waals surface area contributed by atoms with Gasteiger partial charge in [-0.1, -0.05) is 86.0 Å². The fourth-order valence-corrected chi connectivity index (χ4v) is 3.87. The minimum atomic E-state index is 0. The van der Waals surface area contributed by atoms with Crippen molar-refractivity contribution in [1.82, 2.24) is 0 Å². The summed E-state index contributed by atoms with van der Waals surface area (Å²) in [5.74, 6) is 0. The van der Waals surface area contributed by atoms with Crippen LogP contribution in [-0.2, 0) is 26.2 Å². The summed E-state index contributed by atoms with van der Waals surface area (Å²) in [4.78, 5) is 0.